The van der Waals surface area contributed by atoms with E-state index >= 15 is 0 Å². The molecule has 1 N–H and O–H groups in total. The summed E-state index contributed by atoms with van der Waals surface area (Å²) in [5.74, 6) is -0.543. The predicted octanol–water partition coefficient (Wildman–Crippen LogP) is 1.40. The zero-order valence-electron chi connectivity index (χ0n) is 6.83. The van der Waals surface area contributed by atoms with Crippen molar-refractivity contribution in [3.63, 3.8) is 0 Å². The van der Waals surface area contributed by atoms with Crippen LogP contribution >= 0.6 is 12.2 Å². The second kappa shape index (κ2) is 3.83. The first-order valence-electron chi connectivity index (χ1n) is 3.40. The molecule has 0 aliphatic rings. The molecule has 1 aromatic heterocycles. The van der Waals surface area contributed by atoms with E-state index in [9.17, 15) is 4.79 Å². The van der Waals surface area contributed by atoms with Gasteiger partial charge in [-0.15, -0.1) is 0 Å². The first-order valence-corrected chi connectivity index (χ1v) is 3.81. The van der Waals surface area contributed by atoms with Gasteiger partial charge >= 0.3 is 5.97 Å². The molecule has 1 heterocycles. The van der Waals surface area contributed by atoms with Crippen molar-refractivity contribution in [1.29, 1.82) is 5.26 Å². The molecular formula is C8H6N2O2S. The first-order chi connectivity index (χ1) is 6.20. The Bertz CT molecular complexity index is 431. The third-order valence-corrected chi connectivity index (χ3v) is 1.91. The second-order valence-electron chi connectivity index (χ2n) is 2.22. The van der Waals surface area contributed by atoms with Crippen LogP contribution in [-0.4, -0.2) is 18.1 Å². The van der Waals surface area contributed by atoms with Gasteiger partial charge in [0.15, 0.2) is 0 Å². The van der Waals surface area contributed by atoms with Crippen LogP contribution < -0.4 is 0 Å². The normalized spacial score (nSPS) is 8.92. The van der Waals surface area contributed by atoms with Gasteiger partial charge in [0.1, 0.15) is 6.07 Å². The molecule has 1 rings (SSSR count). The molecule has 13 heavy (non-hydrogen) atoms. The van der Waals surface area contributed by atoms with Crippen LogP contribution in [0.1, 0.15) is 15.9 Å². The summed E-state index contributed by atoms with van der Waals surface area (Å²) in [5, 5.41) is 8.61. The molecule has 0 aromatic carbocycles. The SMILES string of the molecule is COC(=O)c1c[nH]cc(C#N)c1=S. The van der Waals surface area contributed by atoms with Crippen molar-refractivity contribution in [2.24, 2.45) is 0 Å². The van der Waals surface area contributed by atoms with E-state index in [1.54, 1.807) is 0 Å². The van der Waals surface area contributed by atoms with Gasteiger partial charge in [0.2, 0.25) is 0 Å². The smallest absolute Gasteiger partial charge is 0.340 e. The number of carbonyl (C=O) groups is 1. The molecule has 0 spiro atoms. The van der Waals surface area contributed by atoms with E-state index in [2.05, 4.69) is 9.72 Å². The standard InChI is InChI=1S/C8H6N2O2S/c1-12-8(11)6-4-10-3-5(2-9)7(6)13/h3-4H,1H3,(H,10,13). The summed E-state index contributed by atoms with van der Waals surface area (Å²) in [5.41, 5.74) is 0.467. The average molecular weight is 194 g/mol. The number of nitrogens with zero attached hydrogens (tertiary/aromatic N) is 1. The molecular weight excluding hydrogens is 188 g/mol. The third kappa shape index (κ3) is 1.73. The fraction of sp³-hybridized carbons (Fsp3) is 0.125. The highest BCUT2D eigenvalue weighted by Crippen LogP contribution is 2.07. The Balaban J connectivity index is 3.34. The van der Waals surface area contributed by atoms with Gasteiger partial charge in [-0.3, -0.25) is 0 Å². The number of pyridine rings is 1. The van der Waals surface area contributed by atoms with Crippen LogP contribution in [0.15, 0.2) is 12.4 Å². The van der Waals surface area contributed by atoms with Gasteiger partial charge in [0.25, 0.3) is 0 Å². The minimum atomic E-state index is -0.543. The Morgan fingerprint density at radius 3 is 2.92 bits per heavy atom. The molecule has 0 saturated carbocycles. The quantitative estimate of drug-likeness (QED) is 0.542. The summed E-state index contributed by atoms with van der Waals surface area (Å²) in [6.07, 6.45) is 2.85. The van der Waals surface area contributed by atoms with Gasteiger partial charge in [0.05, 0.1) is 22.7 Å². The molecule has 0 amide bonds. The lowest BCUT2D eigenvalue weighted by atomic mass is 10.2. The average Bonchev–Trinajstić information content (AvgIpc) is 2.17. The number of hydrogen-bond acceptors (Lipinski definition) is 4. The van der Waals surface area contributed by atoms with Gasteiger partial charge in [-0.25, -0.2) is 4.79 Å². The highest BCUT2D eigenvalue weighted by molar-refractivity contribution is 7.71. The number of carbonyl (C=O) groups excluding carboxylic acids is 1. The summed E-state index contributed by atoms with van der Waals surface area (Å²) in [7, 11) is 1.26. The van der Waals surface area contributed by atoms with E-state index in [0.717, 1.165) is 0 Å². The third-order valence-electron chi connectivity index (χ3n) is 1.47. The zero-order chi connectivity index (χ0) is 9.84. The minimum absolute atomic E-state index is 0.205. The number of aromatic nitrogens is 1. The molecule has 4 nitrogen and oxygen atoms in total. The number of nitriles is 1. The topological polar surface area (TPSA) is 65.9 Å². The van der Waals surface area contributed by atoms with Crippen LogP contribution in [0.4, 0.5) is 0 Å². The van der Waals surface area contributed by atoms with E-state index in [1.165, 1.54) is 19.5 Å². The second-order valence-corrected chi connectivity index (χ2v) is 2.62. The van der Waals surface area contributed by atoms with Crippen LogP contribution in [0.25, 0.3) is 0 Å². The van der Waals surface area contributed by atoms with E-state index in [4.69, 9.17) is 17.5 Å². The van der Waals surface area contributed by atoms with Crippen molar-refractivity contribution in [3.8, 4) is 6.07 Å². The lowest BCUT2D eigenvalue weighted by molar-refractivity contribution is 0.0599. The number of methoxy groups -OCH3 is 1. The van der Waals surface area contributed by atoms with Crippen molar-refractivity contribution in [1.82, 2.24) is 4.98 Å². The molecule has 5 heteroatoms. The fourth-order valence-corrected chi connectivity index (χ4v) is 1.08. The van der Waals surface area contributed by atoms with Gasteiger partial charge in [-0.1, -0.05) is 12.2 Å². The van der Waals surface area contributed by atoms with Crippen molar-refractivity contribution < 1.29 is 9.53 Å². The molecule has 0 aliphatic carbocycles. The lowest BCUT2D eigenvalue weighted by Gasteiger charge is -1.98. The number of aromatic amines is 1. The molecule has 66 valence electrons. The maximum absolute atomic E-state index is 11.1. The molecule has 0 atom stereocenters. The number of hydrogen-bond donors (Lipinski definition) is 1. The predicted molar refractivity (Wildman–Crippen MR) is 47.7 cm³/mol. The Morgan fingerprint density at radius 1 is 1.69 bits per heavy atom. The van der Waals surface area contributed by atoms with Crippen molar-refractivity contribution >= 4 is 18.2 Å². The number of ether oxygens (including phenoxy) is 1. The van der Waals surface area contributed by atoms with E-state index in [1.807, 2.05) is 6.07 Å². The van der Waals surface area contributed by atoms with Crippen LogP contribution in [0.5, 0.6) is 0 Å². The summed E-state index contributed by atoms with van der Waals surface area (Å²) < 4.78 is 4.70. The van der Waals surface area contributed by atoms with Crippen LogP contribution in [0.3, 0.4) is 0 Å². The number of H-pyrrole nitrogens is 1. The van der Waals surface area contributed by atoms with Gasteiger partial charge in [-0.05, 0) is 0 Å². The van der Waals surface area contributed by atoms with E-state index in [0.29, 0.717) is 0 Å². The van der Waals surface area contributed by atoms with Gasteiger partial charge in [0, 0.05) is 12.4 Å². The Morgan fingerprint density at radius 2 is 2.38 bits per heavy atom. The monoisotopic (exact) mass is 194 g/mol. The highest BCUT2D eigenvalue weighted by Gasteiger charge is 2.09. The number of rotatable bonds is 1. The van der Waals surface area contributed by atoms with Crippen molar-refractivity contribution in [2.75, 3.05) is 7.11 Å². The lowest BCUT2D eigenvalue weighted by Crippen LogP contribution is -2.03. The summed E-state index contributed by atoms with van der Waals surface area (Å²) in [4.78, 5) is 13.7. The van der Waals surface area contributed by atoms with E-state index in [-0.39, 0.29) is 15.6 Å². The Labute approximate surface area is 79.8 Å². The number of nitrogens with one attached hydrogen (secondary N) is 1. The zero-order valence-corrected chi connectivity index (χ0v) is 7.64. The molecule has 0 saturated heterocycles. The highest BCUT2D eigenvalue weighted by atomic mass is 32.1. The summed E-state index contributed by atoms with van der Waals surface area (Å²) >= 11 is 4.89. The molecule has 0 bridgehead atoms. The van der Waals surface area contributed by atoms with Crippen LogP contribution in [-0.2, 0) is 4.74 Å². The van der Waals surface area contributed by atoms with Crippen LogP contribution in [0.2, 0.25) is 0 Å². The van der Waals surface area contributed by atoms with E-state index < -0.39 is 5.97 Å². The van der Waals surface area contributed by atoms with Crippen molar-refractivity contribution in [2.45, 2.75) is 0 Å². The largest absolute Gasteiger partial charge is 0.465 e. The fourth-order valence-electron chi connectivity index (χ4n) is 0.829. The summed E-state index contributed by atoms with van der Waals surface area (Å²) in [6.45, 7) is 0. The molecule has 0 radical (unpaired) electrons. The molecule has 1 aromatic rings. The maximum atomic E-state index is 11.1. The summed E-state index contributed by atoms with van der Waals surface area (Å²) in [6, 6.07) is 1.87. The maximum Gasteiger partial charge on any atom is 0.340 e. The van der Waals surface area contributed by atoms with Crippen LogP contribution in [0, 0.1) is 15.8 Å². The van der Waals surface area contributed by atoms with Gasteiger partial charge in [-0.2, -0.15) is 5.26 Å². The number of esters is 1. The van der Waals surface area contributed by atoms with Crippen molar-refractivity contribution in [3.05, 3.63) is 28.0 Å². The molecule has 0 aliphatic heterocycles. The van der Waals surface area contributed by atoms with Gasteiger partial charge < -0.3 is 9.72 Å². The minimum Gasteiger partial charge on any atom is -0.465 e. The first kappa shape index (κ1) is 9.42. The Hall–Kier alpha value is -1.67. The molecule has 0 unspecified atom stereocenters. The Kier molecular flexibility index (Phi) is 2.77. The molecule has 0 fully saturated rings.